The summed E-state index contributed by atoms with van der Waals surface area (Å²) in [5.41, 5.74) is -0.461. The average molecular weight is 277 g/mol. The van der Waals surface area contributed by atoms with E-state index >= 15 is 0 Å². The van der Waals surface area contributed by atoms with Crippen molar-refractivity contribution < 1.29 is 19.4 Å². The van der Waals surface area contributed by atoms with Crippen LogP contribution in [0.2, 0.25) is 0 Å². The fourth-order valence-corrected chi connectivity index (χ4v) is 1.72. The molecule has 7 nitrogen and oxygen atoms in total. The Bertz CT molecular complexity index is 595. The Morgan fingerprint density at radius 1 is 1.35 bits per heavy atom. The van der Waals surface area contributed by atoms with Crippen LogP contribution in [0.5, 0.6) is 0 Å². The molecule has 0 unspecified atom stereocenters. The second-order valence-electron chi connectivity index (χ2n) is 4.60. The maximum atomic E-state index is 10.6. The van der Waals surface area contributed by atoms with Crippen molar-refractivity contribution in [2.45, 2.75) is 25.5 Å². The normalized spacial score (nSPS) is 15.3. The zero-order valence-electron chi connectivity index (χ0n) is 11.1. The predicted molar refractivity (Wildman–Crippen MR) is 70.4 cm³/mol. The van der Waals surface area contributed by atoms with Gasteiger partial charge in [0.15, 0.2) is 0 Å². The summed E-state index contributed by atoms with van der Waals surface area (Å²) in [5, 5.41) is 29.0. The van der Waals surface area contributed by atoms with Gasteiger partial charge in [0.05, 0.1) is 6.04 Å². The Labute approximate surface area is 115 Å². The number of benzene rings is 1. The monoisotopic (exact) mass is 277 g/mol. The molecule has 0 aliphatic carbocycles. The van der Waals surface area contributed by atoms with Crippen molar-refractivity contribution in [1.29, 1.82) is 0 Å². The number of carbonyl (C=O) groups is 1. The molecule has 2 atom stereocenters. The number of aliphatic hydroxyl groups is 1. The van der Waals surface area contributed by atoms with E-state index in [2.05, 4.69) is 15.5 Å². The number of hydrogen-bond acceptors (Lipinski definition) is 6. The molecule has 106 valence electrons. The minimum atomic E-state index is -1.30. The molecule has 2 rings (SSSR count). The first kappa shape index (κ1) is 14.0. The van der Waals surface area contributed by atoms with Crippen LogP contribution in [0, 0.1) is 0 Å². The molecule has 1 aromatic carbocycles. The molecule has 3 N–H and O–H groups in total. The van der Waals surface area contributed by atoms with Gasteiger partial charge in [-0.2, -0.15) is 0 Å². The molecule has 1 aromatic heterocycles. The molecule has 0 saturated heterocycles. The first-order valence-corrected chi connectivity index (χ1v) is 6.02. The molecule has 2 aromatic rings. The van der Waals surface area contributed by atoms with Crippen LogP contribution in [0.3, 0.4) is 0 Å². The highest BCUT2D eigenvalue weighted by molar-refractivity contribution is 5.82. The molecule has 0 bridgehead atoms. The Kier molecular flexibility index (Phi) is 3.71. The van der Waals surface area contributed by atoms with Crippen LogP contribution in [0.1, 0.15) is 30.1 Å². The van der Waals surface area contributed by atoms with E-state index in [-0.39, 0.29) is 6.01 Å². The lowest BCUT2D eigenvalue weighted by Crippen LogP contribution is -2.39. The lowest BCUT2D eigenvalue weighted by Gasteiger charge is -2.30. The second kappa shape index (κ2) is 5.30. The summed E-state index contributed by atoms with van der Waals surface area (Å²) in [6.07, 6.45) is 0. The van der Waals surface area contributed by atoms with E-state index in [4.69, 9.17) is 9.52 Å². The van der Waals surface area contributed by atoms with Gasteiger partial charge < -0.3 is 19.9 Å². The molecule has 7 heteroatoms. The van der Waals surface area contributed by atoms with Gasteiger partial charge in [0, 0.05) is 0 Å². The summed E-state index contributed by atoms with van der Waals surface area (Å²) in [4.78, 5) is 10.6. The highest BCUT2D eigenvalue weighted by Crippen LogP contribution is 2.26. The van der Waals surface area contributed by atoms with Crippen molar-refractivity contribution in [3.05, 3.63) is 41.8 Å². The Morgan fingerprint density at radius 2 is 2.00 bits per heavy atom. The Balaban J connectivity index is 2.14. The van der Waals surface area contributed by atoms with Crippen molar-refractivity contribution in [3.63, 3.8) is 0 Å². The van der Waals surface area contributed by atoms with Gasteiger partial charge in [-0.3, -0.25) is 0 Å². The summed E-state index contributed by atoms with van der Waals surface area (Å²) >= 11 is 0. The number of carboxylic acids is 1. The summed E-state index contributed by atoms with van der Waals surface area (Å²) in [6, 6.07) is 8.59. The van der Waals surface area contributed by atoms with Gasteiger partial charge in [-0.1, -0.05) is 40.5 Å². The molecule has 0 aliphatic heterocycles. The van der Waals surface area contributed by atoms with Crippen LogP contribution in [0.25, 0.3) is 0 Å². The van der Waals surface area contributed by atoms with Crippen molar-refractivity contribution in [3.8, 4) is 0 Å². The van der Waals surface area contributed by atoms with E-state index in [1.165, 1.54) is 0 Å². The minimum Gasteiger partial charge on any atom is -0.474 e. The van der Waals surface area contributed by atoms with Gasteiger partial charge in [-0.25, -0.2) is 4.79 Å². The van der Waals surface area contributed by atoms with Gasteiger partial charge in [0.1, 0.15) is 5.60 Å². The van der Waals surface area contributed by atoms with E-state index in [1.54, 1.807) is 26.0 Å². The van der Waals surface area contributed by atoms with Crippen LogP contribution >= 0.6 is 0 Å². The standard InChI is InChI=1S/C13H15N3O4/c1-8(13(2,19)9-6-4-3-5-7-9)14-12-16-15-10(20-12)11(17)18/h3-8,19H,1-2H3,(H,14,16)(H,17,18)/t8-,13-/m1/s1. The predicted octanol–water partition coefficient (Wildman–Crippen LogP) is 1.48. The number of nitrogens with zero attached hydrogens (tertiary/aromatic N) is 2. The van der Waals surface area contributed by atoms with Gasteiger partial charge >= 0.3 is 17.9 Å². The van der Waals surface area contributed by atoms with Crippen molar-refractivity contribution in [2.24, 2.45) is 0 Å². The van der Waals surface area contributed by atoms with Crippen molar-refractivity contribution >= 4 is 12.0 Å². The third-order valence-electron chi connectivity index (χ3n) is 3.15. The maximum absolute atomic E-state index is 10.6. The zero-order valence-corrected chi connectivity index (χ0v) is 11.1. The minimum absolute atomic E-state index is 0.0499. The van der Waals surface area contributed by atoms with E-state index in [0.29, 0.717) is 0 Å². The van der Waals surface area contributed by atoms with E-state index in [0.717, 1.165) is 5.56 Å². The quantitative estimate of drug-likeness (QED) is 0.759. The number of aromatic nitrogens is 2. The lowest BCUT2D eigenvalue weighted by atomic mass is 9.89. The van der Waals surface area contributed by atoms with Gasteiger partial charge in [0.25, 0.3) is 0 Å². The maximum Gasteiger partial charge on any atom is 0.393 e. The Hall–Kier alpha value is -2.41. The van der Waals surface area contributed by atoms with Gasteiger partial charge in [-0.15, -0.1) is 0 Å². The van der Waals surface area contributed by atoms with Crippen LogP contribution < -0.4 is 5.32 Å². The summed E-state index contributed by atoms with van der Waals surface area (Å²) in [6.45, 7) is 3.38. The first-order valence-electron chi connectivity index (χ1n) is 6.02. The van der Waals surface area contributed by atoms with Crippen molar-refractivity contribution in [2.75, 3.05) is 5.32 Å². The van der Waals surface area contributed by atoms with E-state index in [9.17, 15) is 9.90 Å². The summed E-state index contributed by atoms with van der Waals surface area (Å²) in [5.74, 6) is -1.80. The smallest absolute Gasteiger partial charge is 0.393 e. The van der Waals surface area contributed by atoms with Crippen molar-refractivity contribution in [1.82, 2.24) is 10.2 Å². The number of nitrogens with one attached hydrogen (secondary N) is 1. The molecular formula is C13H15N3O4. The zero-order chi connectivity index (χ0) is 14.8. The fraction of sp³-hybridized carbons (Fsp3) is 0.308. The molecular weight excluding hydrogens is 262 g/mol. The highest BCUT2D eigenvalue weighted by Gasteiger charge is 2.31. The summed E-state index contributed by atoms with van der Waals surface area (Å²) in [7, 11) is 0. The number of rotatable bonds is 5. The molecule has 0 amide bonds. The third-order valence-corrected chi connectivity index (χ3v) is 3.15. The van der Waals surface area contributed by atoms with E-state index < -0.39 is 23.5 Å². The van der Waals surface area contributed by atoms with E-state index in [1.807, 2.05) is 18.2 Å². The highest BCUT2D eigenvalue weighted by atomic mass is 16.4. The average Bonchev–Trinajstić information content (AvgIpc) is 2.88. The molecule has 0 aliphatic rings. The fourth-order valence-electron chi connectivity index (χ4n) is 1.72. The third kappa shape index (κ3) is 2.77. The van der Waals surface area contributed by atoms with Crippen LogP contribution in [0.15, 0.2) is 34.7 Å². The van der Waals surface area contributed by atoms with Gasteiger partial charge in [0.2, 0.25) is 0 Å². The first-order chi connectivity index (χ1) is 9.41. The molecule has 1 heterocycles. The molecule has 0 spiro atoms. The molecule has 0 fully saturated rings. The molecule has 0 saturated carbocycles. The van der Waals surface area contributed by atoms with Gasteiger partial charge in [-0.05, 0) is 19.4 Å². The van der Waals surface area contributed by atoms with Crippen LogP contribution in [0.4, 0.5) is 6.01 Å². The second-order valence-corrected chi connectivity index (χ2v) is 4.60. The Morgan fingerprint density at radius 3 is 2.55 bits per heavy atom. The van der Waals surface area contributed by atoms with Crippen LogP contribution in [-0.4, -0.2) is 32.4 Å². The number of aromatic carboxylic acids is 1. The SMILES string of the molecule is C[C@@H](Nc1nnc(C(=O)O)o1)[C@@](C)(O)c1ccccc1. The topological polar surface area (TPSA) is 108 Å². The number of hydrogen-bond donors (Lipinski definition) is 3. The largest absolute Gasteiger partial charge is 0.474 e. The molecule has 0 radical (unpaired) electrons. The lowest BCUT2D eigenvalue weighted by molar-refractivity contribution is 0.0407. The number of anilines is 1. The van der Waals surface area contributed by atoms with Crippen LogP contribution in [-0.2, 0) is 5.60 Å². The summed E-state index contributed by atoms with van der Waals surface area (Å²) < 4.78 is 4.90. The molecule has 20 heavy (non-hydrogen) atoms. The number of carboxylic acid groups (broad SMARTS) is 1.